The third-order valence-corrected chi connectivity index (χ3v) is 5.23. The molecule has 0 radical (unpaired) electrons. The number of aromatic nitrogens is 5. The van der Waals surface area contributed by atoms with Gasteiger partial charge in [-0.15, -0.1) is 0 Å². The first-order valence-electron chi connectivity index (χ1n) is 8.98. The number of alkyl halides is 3. The van der Waals surface area contributed by atoms with Crippen LogP contribution < -0.4 is 5.32 Å². The molecule has 3 heterocycles. The van der Waals surface area contributed by atoms with Crippen LogP contribution in [0.15, 0.2) is 30.5 Å². The molecule has 1 aliphatic heterocycles. The van der Waals surface area contributed by atoms with E-state index in [0.717, 1.165) is 22.4 Å². The van der Waals surface area contributed by atoms with Gasteiger partial charge in [-0.3, -0.25) is 9.67 Å². The minimum Gasteiger partial charge on any atom is -0.367 e. The van der Waals surface area contributed by atoms with Gasteiger partial charge in [0, 0.05) is 6.04 Å². The van der Waals surface area contributed by atoms with Crippen LogP contribution in [0, 0.1) is 4.77 Å². The van der Waals surface area contributed by atoms with E-state index in [1.54, 1.807) is 11.5 Å². The molecule has 0 fully saturated rings. The zero-order chi connectivity index (χ0) is 20.1. The number of aromatic amines is 1. The lowest BCUT2D eigenvalue weighted by molar-refractivity contribution is -0.173. The Hall–Kier alpha value is -2.62. The SMILES string of the molecule is CCc1ccccc1-n1c(-c2cnn3c2NC(C)CC3C(F)(F)F)n[nH]c1=S. The fraction of sp³-hybridized carbons (Fsp3) is 0.389. The second-order valence-electron chi connectivity index (χ2n) is 6.86. The number of benzene rings is 1. The normalized spacial score (nSPS) is 19.3. The van der Waals surface area contributed by atoms with Gasteiger partial charge in [-0.1, -0.05) is 25.1 Å². The predicted octanol–water partition coefficient (Wildman–Crippen LogP) is 4.66. The minimum atomic E-state index is -4.38. The summed E-state index contributed by atoms with van der Waals surface area (Å²) in [7, 11) is 0. The molecular formula is C18H19F3N6S. The number of nitrogens with one attached hydrogen (secondary N) is 2. The van der Waals surface area contributed by atoms with E-state index in [-0.39, 0.29) is 12.5 Å². The Morgan fingerprint density at radius 1 is 1.29 bits per heavy atom. The molecule has 2 unspecified atom stereocenters. The second-order valence-corrected chi connectivity index (χ2v) is 7.25. The van der Waals surface area contributed by atoms with E-state index in [0.29, 0.717) is 22.0 Å². The Morgan fingerprint density at radius 3 is 2.75 bits per heavy atom. The molecule has 2 aromatic heterocycles. The summed E-state index contributed by atoms with van der Waals surface area (Å²) >= 11 is 5.41. The second kappa shape index (κ2) is 6.77. The number of anilines is 1. The van der Waals surface area contributed by atoms with Crippen LogP contribution in [0.5, 0.6) is 0 Å². The lowest BCUT2D eigenvalue weighted by Crippen LogP contribution is -2.38. The fourth-order valence-electron chi connectivity index (χ4n) is 3.63. The highest BCUT2D eigenvalue weighted by molar-refractivity contribution is 7.71. The van der Waals surface area contributed by atoms with E-state index in [4.69, 9.17) is 12.2 Å². The van der Waals surface area contributed by atoms with Crippen molar-refractivity contribution in [1.82, 2.24) is 24.5 Å². The first-order valence-corrected chi connectivity index (χ1v) is 9.39. The summed E-state index contributed by atoms with van der Waals surface area (Å²) in [5, 5.41) is 14.2. The van der Waals surface area contributed by atoms with Crippen LogP contribution in [-0.2, 0) is 6.42 Å². The van der Waals surface area contributed by atoms with Crippen LogP contribution in [0.2, 0.25) is 0 Å². The van der Waals surface area contributed by atoms with Crippen molar-refractivity contribution >= 4 is 18.0 Å². The highest BCUT2D eigenvalue weighted by Gasteiger charge is 2.46. The van der Waals surface area contributed by atoms with Crippen molar-refractivity contribution in [2.75, 3.05) is 5.32 Å². The Labute approximate surface area is 164 Å². The maximum atomic E-state index is 13.5. The summed E-state index contributed by atoms with van der Waals surface area (Å²) in [5.74, 6) is 0.722. The van der Waals surface area contributed by atoms with Gasteiger partial charge in [0.05, 0.1) is 17.4 Å². The van der Waals surface area contributed by atoms with Gasteiger partial charge < -0.3 is 5.32 Å². The van der Waals surface area contributed by atoms with E-state index in [1.807, 2.05) is 31.2 Å². The van der Waals surface area contributed by atoms with E-state index < -0.39 is 12.2 Å². The molecule has 148 valence electrons. The number of aryl methyl sites for hydroxylation is 1. The van der Waals surface area contributed by atoms with Crippen molar-refractivity contribution < 1.29 is 13.2 Å². The van der Waals surface area contributed by atoms with Crippen molar-refractivity contribution in [3.8, 4) is 17.1 Å². The monoisotopic (exact) mass is 408 g/mol. The standard InChI is InChI=1S/C18H19F3N6S/c1-3-11-6-4-5-7-13(11)26-16(24-25-17(26)28)12-9-22-27-14(18(19,20)21)8-10(2)23-15(12)27/h4-7,9-10,14,23H,3,8H2,1-2H3,(H,25,28). The van der Waals surface area contributed by atoms with Crippen LogP contribution in [0.1, 0.15) is 31.9 Å². The third kappa shape index (κ3) is 3.01. The third-order valence-electron chi connectivity index (χ3n) is 4.96. The van der Waals surface area contributed by atoms with Crippen LogP contribution in [0.4, 0.5) is 19.0 Å². The van der Waals surface area contributed by atoms with E-state index >= 15 is 0 Å². The van der Waals surface area contributed by atoms with Gasteiger partial charge >= 0.3 is 6.18 Å². The number of halogens is 3. The lowest BCUT2D eigenvalue weighted by Gasteiger charge is -2.32. The number of hydrogen-bond acceptors (Lipinski definition) is 4. The number of hydrogen-bond donors (Lipinski definition) is 2. The molecular weight excluding hydrogens is 389 g/mol. The topological polar surface area (TPSA) is 63.5 Å². The Morgan fingerprint density at radius 2 is 2.04 bits per heavy atom. The van der Waals surface area contributed by atoms with Gasteiger partial charge in [-0.25, -0.2) is 4.68 Å². The zero-order valence-electron chi connectivity index (χ0n) is 15.3. The minimum absolute atomic E-state index is 0.0802. The summed E-state index contributed by atoms with van der Waals surface area (Å²) in [5.41, 5.74) is 2.37. The van der Waals surface area contributed by atoms with Crippen molar-refractivity contribution in [3.63, 3.8) is 0 Å². The van der Waals surface area contributed by atoms with Crippen LogP contribution in [0.3, 0.4) is 0 Å². The molecule has 0 aliphatic carbocycles. The van der Waals surface area contributed by atoms with E-state index in [9.17, 15) is 13.2 Å². The Balaban J connectivity index is 1.90. The van der Waals surface area contributed by atoms with Crippen LogP contribution in [-0.4, -0.2) is 36.8 Å². The van der Waals surface area contributed by atoms with Crippen molar-refractivity contribution in [3.05, 3.63) is 40.8 Å². The molecule has 1 aromatic carbocycles. The average Bonchev–Trinajstić information content (AvgIpc) is 3.23. The molecule has 0 bridgehead atoms. The van der Waals surface area contributed by atoms with Gasteiger partial charge in [-0.2, -0.15) is 23.4 Å². The molecule has 4 rings (SSSR count). The highest BCUT2D eigenvalue weighted by Crippen LogP contribution is 2.42. The summed E-state index contributed by atoms with van der Waals surface area (Å²) in [6.45, 7) is 3.75. The highest BCUT2D eigenvalue weighted by atomic mass is 32.1. The van der Waals surface area contributed by atoms with E-state index in [1.165, 1.54) is 6.20 Å². The zero-order valence-corrected chi connectivity index (χ0v) is 16.1. The number of fused-ring (bicyclic) bond motifs is 1. The molecule has 0 spiro atoms. The molecule has 6 nitrogen and oxygen atoms in total. The molecule has 1 aliphatic rings. The van der Waals surface area contributed by atoms with Gasteiger partial charge in [0.1, 0.15) is 5.82 Å². The van der Waals surface area contributed by atoms with Gasteiger partial charge in [-0.05, 0) is 43.6 Å². The average molecular weight is 408 g/mol. The van der Waals surface area contributed by atoms with Gasteiger partial charge in [0.15, 0.2) is 16.6 Å². The summed E-state index contributed by atoms with van der Waals surface area (Å²) in [4.78, 5) is 0. The summed E-state index contributed by atoms with van der Waals surface area (Å²) in [6, 6.07) is 5.70. The van der Waals surface area contributed by atoms with E-state index in [2.05, 4.69) is 20.6 Å². The van der Waals surface area contributed by atoms with Gasteiger partial charge in [0.2, 0.25) is 0 Å². The fourth-order valence-corrected chi connectivity index (χ4v) is 3.86. The molecule has 28 heavy (non-hydrogen) atoms. The molecule has 2 N–H and O–H groups in total. The molecule has 0 saturated carbocycles. The lowest BCUT2D eigenvalue weighted by atomic mass is 10.0. The predicted molar refractivity (Wildman–Crippen MR) is 102 cm³/mol. The Kier molecular flexibility index (Phi) is 4.53. The van der Waals surface area contributed by atoms with Crippen LogP contribution >= 0.6 is 12.2 Å². The van der Waals surface area contributed by atoms with Crippen molar-refractivity contribution in [2.45, 2.75) is 44.9 Å². The van der Waals surface area contributed by atoms with Crippen molar-refractivity contribution in [1.29, 1.82) is 0 Å². The first kappa shape index (κ1) is 18.7. The maximum absolute atomic E-state index is 13.5. The molecule has 3 aromatic rings. The molecule has 0 amide bonds. The summed E-state index contributed by atoms with van der Waals surface area (Å²) in [6.07, 6.45) is -2.27. The number of para-hydroxylation sites is 1. The Bertz CT molecular complexity index is 1060. The number of rotatable bonds is 3. The number of H-pyrrole nitrogens is 1. The molecule has 10 heteroatoms. The maximum Gasteiger partial charge on any atom is 0.410 e. The van der Waals surface area contributed by atoms with Gasteiger partial charge in [0.25, 0.3) is 0 Å². The first-order chi connectivity index (χ1) is 13.3. The van der Waals surface area contributed by atoms with Crippen LogP contribution in [0.25, 0.3) is 17.1 Å². The quantitative estimate of drug-likeness (QED) is 0.619. The number of nitrogens with zero attached hydrogens (tertiary/aromatic N) is 4. The summed E-state index contributed by atoms with van der Waals surface area (Å²) < 4.78 is 43.7. The molecule has 0 saturated heterocycles. The smallest absolute Gasteiger partial charge is 0.367 e. The van der Waals surface area contributed by atoms with Crippen molar-refractivity contribution in [2.24, 2.45) is 0 Å². The largest absolute Gasteiger partial charge is 0.410 e. The molecule has 2 atom stereocenters.